The highest BCUT2D eigenvalue weighted by atomic mass is 16.5. The van der Waals surface area contributed by atoms with Gasteiger partial charge in [0.25, 0.3) is 0 Å². The van der Waals surface area contributed by atoms with Crippen LogP contribution in [0.15, 0.2) is 18.2 Å². The summed E-state index contributed by atoms with van der Waals surface area (Å²) in [6.07, 6.45) is 0. The number of rotatable bonds is 6. The van der Waals surface area contributed by atoms with Gasteiger partial charge in [-0.2, -0.15) is 0 Å². The molecule has 1 aromatic carbocycles. The van der Waals surface area contributed by atoms with E-state index < -0.39 is 5.60 Å². The molecule has 3 N–H and O–H groups in total. The van der Waals surface area contributed by atoms with Crippen molar-refractivity contribution in [1.82, 2.24) is 5.32 Å². The second kappa shape index (κ2) is 6.07. The van der Waals surface area contributed by atoms with E-state index in [0.717, 1.165) is 5.56 Å². The van der Waals surface area contributed by atoms with Gasteiger partial charge in [-0.3, -0.25) is 0 Å². The summed E-state index contributed by atoms with van der Waals surface area (Å²) >= 11 is 0. The minimum absolute atomic E-state index is 0.175. The molecule has 0 radical (unpaired) electrons. The van der Waals surface area contributed by atoms with Crippen LogP contribution in [-0.2, 0) is 6.54 Å². The molecule has 0 aromatic heterocycles. The molecule has 0 spiro atoms. The molecule has 0 heterocycles. The Morgan fingerprint density at radius 2 is 2.06 bits per heavy atom. The van der Waals surface area contributed by atoms with Crippen LogP contribution in [0.5, 0.6) is 11.5 Å². The summed E-state index contributed by atoms with van der Waals surface area (Å²) in [5.74, 6) is 1.01. The number of phenols is 1. The molecule has 0 saturated heterocycles. The van der Waals surface area contributed by atoms with Crippen LogP contribution in [0, 0.1) is 5.92 Å². The molecule has 0 aliphatic carbocycles. The molecular formula is C14H23NO3. The first-order valence-electron chi connectivity index (χ1n) is 6.16. The first-order valence-corrected chi connectivity index (χ1v) is 6.16. The number of aliphatic hydroxyl groups is 1. The minimum Gasteiger partial charge on any atom is -0.507 e. The fraction of sp³-hybridized carbons (Fsp3) is 0.571. The number of nitrogens with one attached hydrogen (secondary N) is 1. The highest BCUT2D eigenvalue weighted by Gasteiger charge is 2.24. The van der Waals surface area contributed by atoms with Crippen LogP contribution in [0.1, 0.15) is 26.3 Å². The Balaban J connectivity index is 2.54. The van der Waals surface area contributed by atoms with Crippen molar-refractivity contribution >= 4 is 0 Å². The fourth-order valence-electron chi connectivity index (χ4n) is 1.47. The molecule has 0 amide bonds. The van der Waals surface area contributed by atoms with Crippen molar-refractivity contribution in [2.24, 2.45) is 5.92 Å². The fourth-order valence-corrected chi connectivity index (χ4v) is 1.47. The van der Waals surface area contributed by atoms with Gasteiger partial charge in [0.1, 0.15) is 11.5 Å². The van der Waals surface area contributed by atoms with Crippen LogP contribution < -0.4 is 10.1 Å². The molecule has 1 unspecified atom stereocenters. The van der Waals surface area contributed by atoms with Gasteiger partial charge in [0.05, 0.1) is 12.7 Å². The second-order valence-corrected chi connectivity index (χ2v) is 5.11. The van der Waals surface area contributed by atoms with E-state index in [2.05, 4.69) is 5.32 Å². The number of ether oxygens (including phenoxy) is 1. The van der Waals surface area contributed by atoms with Crippen molar-refractivity contribution in [2.75, 3.05) is 13.7 Å². The number of hydrogen-bond donors (Lipinski definition) is 3. The second-order valence-electron chi connectivity index (χ2n) is 5.11. The third-order valence-corrected chi connectivity index (χ3v) is 3.33. The van der Waals surface area contributed by atoms with E-state index in [1.54, 1.807) is 26.2 Å². The Kier molecular flexibility index (Phi) is 4.99. The molecule has 4 nitrogen and oxygen atoms in total. The van der Waals surface area contributed by atoms with E-state index >= 15 is 0 Å². The summed E-state index contributed by atoms with van der Waals surface area (Å²) in [6, 6.07) is 5.19. The van der Waals surface area contributed by atoms with Crippen molar-refractivity contribution in [3.63, 3.8) is 0 Å². The highest BCUT2D eigenvalue weighted by Crippen LogP contribution is 2.23. The van der Waals surface area contributed by atoms with Crippen molar-refractivity contribution in [3.05, 3.63) is 23.8 Å². The van der Waals surface area contributed by atoms with Gasteiger partial charge >= 0.3 is 0 Å². The van der Waals surface area contributed by atoms with Crippen LogP contribution in [0.4, 0.5) is 0 Å². The first kappa shape index (κ1) is 14.8. The summed E-state index contributed by atoms with van der Waals surface area (Å²) in [5, 5.41) is 23.0. The summed E-state index contributed by atoms with van der Waals surface area (Å²) in [5.41, 5.74) is 0.0394. The van der Waals surface area contributed by atoms with E-state index in [1.165, 1.54) is 0 Å². The van der Waals surface area contributed by atoms with Gasteiger partial charge in [0, 0.05) is 24.7 Å². The summed E-state index contributed by atoms with van der Waals surface area (Å²) in [4.78, 5) is 0. The Bertz CT molecular complexity index is 389. The first-order chi connectivity index (χ1) is 8.36. The molecule has 0 aliphatic rings. The lowest BCUT2D eigenvalue weighted by atomic mass is 9.92. The average molecular weight is 253 g/mol. The third kappa shape index (κ3) is 3.89. The standard InChI is InChI=1S/C14H23NO3/c1-10(2)14(3,17)9-15-8-11-5-6-12(18-4)7-13(11)16/h5-7,10,15-17H,8-9H2,1-4H3. The number of methoxy groups -OCH3 is 1. The Labute approximate surface area is 109 Å². The summed E-state index contributed by atoms with van der Waals surface area (Å²) in [6.45, 7) is 6.76. The van der Waals surface area contributed by atoms with Crippen LogP contribution >= 0.6 is 0 Å². The van der Waals surface area contributed by atoms with Gasteiger partial charge in [-0.25, -0.2) is 0 Å². The van der Waals surface area contributed by atoms with E-state index in [4.69, 9.17) is 4.74 Å². The highest BCUT2D eigenvalue weighted by molar-refractivity contribution is 5.39. The van der Waals surface area contributed by atoms with E-state index in [0.29, 0.717) is 18.8 Å². The summed E-state index contributed by atoms with van der Waals surface area (Å²) in [7, 11) is 1.56. The lowest BCUT2D eigenvalue weighted by Gasteiger charge is -2.28. The van der Waals surface area contributed by atoms with Crippen LogP contribution in [0.2, 0.25) is 0 Å². The SMILES string of the molecule is COc1ccc(CNCC(C)(O)C(C)C)c(O)c1. The Hall–Kier alpha value is -1.26. The van der Waals surface area contributed by atoms with Gasteiger partial charge in [-0.05, 0) is 18.9 Å². The molecule has 1 atom stereocenters. The Morgan fingerprint density at radius 1 is 1.39 bits per heavy atom. The van der Waals surface area contributed by atoms with Gasteiger partial charge < -0.3 is 20.3 Å². The smallest absolute Gasteiger partial charge is 0.123 e. The number of hydrogen-bond acceptors (Lipinski definition) is 4. The number of phenolic OH excluding ortho intramolecular Hbond substituents is 1. The minimum atomic E-state index is -0.748. The lowest BCUT2D eigenvalue weighted by molar-refractivity contribution is 0.0139. The maximum atomic E-state index is 10.1. The largest absolute Gasteiger partial charge is 0.507 e. The van der Waals surface area contributed by atoms with E-state index in [1.807, 2.05) is 19.9 Å². The predicted octanol–water partition coefficient (Wildman–Crippen LogP) is 1.90. The lowest BCUT2D eigenvalue weighted by Crippen LogP contribution is -2.41. The van der Waals surface area contributed by atoms with E-state index in [-0.39, 0.29) is 11.7 Å². The zero-order valence-corrected chi connectivity index (χ0v) is 11.5. The monoisotopic (exact) mass is 253 g/mol. The van der Waals surface area contributed by atoms with Gasteiger partial charge in [-0.1, -0.05) is 19.9 Å². The maximum absolute atomic E-state index is 10.1. The number of aromatic hydroxyl groups is 1. The third-order valence-electron chi connectivity index (χ3n) is 3.33. The van der Waals surface area contributed by atoms with Crippen molar-refractivity contribution in [1.29, 1.82) is 0 Å². The topological polar surface area (TPSA) is 61.7 Å². The molecule has 18 heavy (non-hydrogen) atoms. The molecule has 1 aromatic rings. The molecule has 0 saturated carbocycles. The number of benzene rings is 1. The Morgan fingerprint density at radius 3 is 2.56 bits per heavy atom. The predicted molar refractivity (Wildman–Crippen MR) is 71.8 cm³/mol. The molecule has 102 valence electrons. The zero-order valence-electron chi connectivity index (χ0n) is 11.5. The summed E-state index contributed by atoms with van der Waals surface area (Å²) < 4.78 is 5.02. The molecule has 0 fully saturated rings. The van der Waals surface area contributed by atoms with Gasteiger partial charge in [0.15, 0.2) is 0 Å². The zero-order chi connectivity index (χ0) is 13.8. The van der Waals surface area contributed by atoms with Crippen molar-refractivity contribution in [3.8, 4) is 11.5 Å². The van der Waals surface area contributed by atoms with Crippen LogP contribution in [0.25, 0.3) is 0 Å². The maximum Gasteiger partial charge on any atom is 0.123 e. The van der Waals surface area contributed by atoms with Gasteiger partial charge in [-0.15, -0.1) is 0 Å². The quantitative estimate of drug-likeness (QED) is 0.724. The van der Waals surface area contributed by atoms with Crippen molar-refractivity contribution < 1.29 is 14.9 Å². The van der Waals surface area contributed by atoms with Crippen molar-refractivity contribution in [2.45, 2.75) is 32.9 Å². The van der Waals surface area contributed by atoms with Gasteiger partial charge in [0.2, 0.25) is 0 Å². The normalized spacial score (nSPS) is 14.6. The average Bonchev–Trinajstić information content (AvgIpc) is 2.30. The molecule has 4 heteroatoms. The molecule has 1 rings (SSSR count). The van der Waals surface area contributed by atoms with Crippen LogP contribution in [-0.4, -0.2) is 29.5 Å². The molecule has 0 aliphatic heterocycles. The van der Waals surface area contributed by atoms with Crippen LogP contribution in [0.3, 0.4) is 0 Å². The molecular weight excluding hydrogens is 230 g/mol. The molecule has 0 bridgehead atoms. The van der Waals surface area contributed by atoms with E-state index in [9.17, 15) is 10.2 Å².